The molecule has 0 saturated carbocycles. The second-order valence-electron chi connectivity index (χ2n) is 2.15. The Morgan fingerprint density at radius 2 is 2.36 bits per heavy atom. The molecule has 0 aliphatic heterocycles. The van der Waals surface area contributed by atoms with E-state index in [1.807, 2.05) is 6.92 Å². The molecule has 0 aromatic carbocycles. The molecule has 0 spiro atoms. The Labute approximate surface area is 67.6 Å². The smallest absolute Gasteiger partial charge is 0.224 e. The third-order valence-corrected chi connectivity index (χ3v) is 1.37. The molecule has 0 bridgehead atoms. The molecule has 0 aliphatic rings. The van der Waals surface area contributed by atoms with E-state index in [9.17, 15) is 4.79 Å². The minimum absolute atomic E-state index is 0.0351. The minimum atomic E-state index is 0.0351. The number of carbonyl (C=O) groups excluding carboxylic acids is 1. The van der Waals surface area contributed by atoms with Crippen molar-refractivity contribution in [3.63, 3.8) is 0 Å². The number of hydrogen-bond acceptors (Lipinski definition) is 2. The fourth-order valence-corrected chi connectivity index (χ4v) is 0.768. The van der Waals surface area contributed by atoms with Crippen molar-refractivity contribution in [2.45, 2.75) is 13.3 Å². The summed E-state index contributed by atoms with van der Waals surface area (Å²) in [6.45, 7) is 3.32. The summed E-state index contributed by atoms with van der Waals surface area (Å²) in [7, 11) is 0. The molecule has 3 nitrogen and oxygen atoms in total. The molecule has 0 aromatic rings. The first-order chi connectivity index (χ1) is 5.26. The van der Waals surface area contributed by atoms with Gasteiger partial charge >= 0.3 is 0 Å². The van der Waals surface area contributed by atoms with Gasteiger partial charge < -0.3 is 10.6 Å². The van der Waals surface area contributed by atoms with E-state index in [0.29, 0.717) is 26.1 Å². The summed E-state index contributed by atoms with van der Waals surface area (Å²) in [6.07, 6.45) is 5.45. The summed E-state index contributed by atoms with van der Waals surface area (Å²) in [6, 6.07) is 0. The molecule has 11 heavy (non-hydrogen) atoms. The lowest BCUT2D eigenvalue weighted by molar-refractivity contribution is -0.130. The molecule has 3 heteroatoms. The second kappa shape index (κ2) is 5.75. The van der Waals surface area contributed by atoms with Crippen LogP contribution in [0.2, 0.25) is 0 Å². The van der Waals surface area contributed by atoms with Crippen molar-refractivity contribution in [1.82, 2.24) is 4.90 Å². The van der Waals surface area contributed by atoms with Crippen molar-refractivity contribution in [3.8, 4) is 12.3 Å². The molecule has 0 rings (SSSR count). The zero-order chi connectivity index (χ0) is 8.69. The van der Waals surface area contributed by atoms with E-state index in [1.54, 1.807) is 4.90 Å². The van der Waals surface area contributed by atoms with Gasteiger partial charge in [0.15, 0.2) is 0 Å². The predicted molar refractivity (Wildman–Crippen MR) is 44.8 cm³/mol. The van der Waals surface area contributed by atoms with Crippen molar-refractivity contribution in [2.24, 2.45) is 5.73 Å². The van der Waals surface area contributed by atoms with E-state index in [1.165, 1.54) is 0 Å². The van der Waals surface area contributed by atoms with Gasteiger partial charge in [0.05, 0.1) is 6.54 Å². The van der Waals surface area contributed by atoms with E-state index >= 15 is 0 Å². The lowest BCUT2D eigenvalue weighted by Gasteiger charge is -2.16. The minimum Gasteiger partial charge on any atom is -0.332 e. The quantitative estimate of drug-likeness (QED) is 0.571. The van der Waals surface area contributed by atoms with E-state index in [2.05, 4.69) is 5.92 Å². The van der Waals surface area contributed by atoms with Crippen molar-refractivity contribution in [2.75, 3.05) is 19.6 Å². The van der Waals surface area contributed by atoms with Gasteiger partial charge in [0.25, 0.3) is 0 Å². The van der Waals surface area contributed by atoms with Crippen LogP contribution in [-0.4, -0.2) is 30.4 Å². The van der Waals surface area contributed by atoms with Crippen molar-refractivity contribution >= 4 is 5.91 Å². The number of carbonyl (C=O) groups is 1. The molecule has 0 heterocycles. The normalized spacial score (nSPS) is 8.82. The number of rotatable bonds is 4. The van der Waals surface area contributed by atoms with Gasteiger partial charge in [0.2, 0.25) is 5.91 Å². The van der Waals surface area contributed by atoms with Crippen LogP contribution in [0.3, 0.4) is 0 Å². The summed E-state index contributed by atoms with van der Waals surface area (Å²) in [5, 5.41) is 0. The van der Waals surface area contributed by atoms with Crippen LogP contribution in [0.1, 0.15) is 13.3 Å². The first-order valence-electron chi connectivity index (χ1n) is 3.67. The van der Waals surface area contributed by atoms with Crippen LogP contribution in [-0.2, 0) is 4.79 Å². The van der Waals surface area contributed by atoms with Crippen LogP contribution in [0.25, 0.3) is 0 Å². The Morgan fingerprint density at radius 3 is 2.73 bits per heavy atom. The SMILES string of the molecule is C#CCN(CC)C(=O)CCN. The predicted octanol–water partition coefficient (Wildman–Crippen LogP) is -0.183. The average molecular weight is 154 g/mol. The topological polar surface area (TPSA) is 46.3 Å². The molecule has 0 aliphatic carbocycles. The molecule has 0 atom stereocenters. The summed E-state index contributed by atoms with van der Waals surface area (Å²) in [4.78, 5) is 12.7. The van der Waals surface area contributed by atoms with Crippen LogP contribution in [0, 0.1) is 12.3 Å². The molecular formula is C8H14N2O. The second-order valence-corrected chi connectivity index (χ2v) is 2.15. The van der Waals surface area contributed by atoms with Crippen LogP contribution >= 0.6 is 0 Å². The van der Waals surface area contributed by atoms with Crippen LogP contribution in [0.5, 0.6) is 0 Å². The fourth-order valence-electron chi connectivity index (χ4n) is 0.768. The summed E-state index contributed by atoms with van der Waals surface area (Å²) >= 11 is 0. The molecule has 0 unspecified atom stereocenters. The van der Waals surface area contributed by atoms with Gasteiger partial charge in [-0.1, -0.05) is 5.92 Å². The largest absolute Gasteiger partial charge is 0.332 e. The van der Waals surface area contributed by atoms with Gasteiger partial charge in [-0.15, -0.1) is 6.42 Å². The molecular weight excluding hydrogens is 140 g/mol. The van der Waals surface area contributed by atoms with Crippen molar-refractivity contribution in [1.29, 1.82) is 0 Å². The lowest BCUT2D eigenvalue weighted by atomic mass is 10.3. The Kier molecular flexibility index (Phi) is 5.22. The van der Waals surface area contributed by atoms with Crippen molar-refractivity contribution in [3.05, 3.63) is 0 Å². The maximum absolute atomic E-state index is 11.1. The monoisotopic (exact) mass is 154 g/mol. The molecule has 0 aromatic heterocycles. The van der Waals surface area contributed by atoms with Gasteiger partial charge in [-0.25, -0.2) is 0 Å². The van der Waals surface area contributed by atoms with Crippen LogP contribution < -0.4 is 5.73 Å². The highest BCUT2D eigenvalue weighted by molar-refractivity contribution is 5.76. The lowest BCUT2D eigenvalue weighted by Crippen LogP contribution is -2.32. The average Bonchev–Trinajstić information content (AvgIpc) is 2.00. The zero-order valence-electron chi connectivity index (χ0n) is 6.84. The number of nitrogens with two attached hydrogens (primary N) is 1. The maximum Gasteiger partial charge on any atom is 0.224 e. The Balaban J connectivity index is 3.83. The van der Waals surface area contributed by atoms with E-state index in [4.69, 9.17) is 12.2 Å². The van der Waals surface area contributed by atoms with Gasteiger partial charge in [-0.05, 0) is 6.92 Å². The Bertz CT molecular complexity index is 160. The first kappa shape index (κ1) is 9.99. The number of hydrogen-bond donors (Lipinski definition) is 1. The molecule has 0 fully saturated rings. The fraction of sp³-hybridized carbons (Fsp3) is 0.625. The van der Waals surface area contributed by atoms with Gasteiger partial charge in [0, 0.05) is 19.5 Å². The molecule has 62 valence electrons. The standard InChI is InChI=1S/C8H14N2O/c1-3-7-10(4-2)8(11)5-6-9/h1H,4-7,9H2,2H3. The third-order valence-electron chi connectivity index (χ3n) is 1.37. The number of amides is 1. The highest BCUT2D eigenvalue weighted by Gasteiger charge is 2.07. The van der Waals surface area contributed by atoms with Crippen LogP contribution in [0.15, 0.2) is 0 Å². The third kappa shape index (κ3) is 3.64. The highest BCUT2D eigenvalue weighted by Crippen LogP contribution is 1.91. The number of terminal acetylenes is 1. The summed E-state index contributed by atoms with van der Waals surface area (Å²) in [5.41, 5.74) is 5.22. The maximum atomic E-state index is 11.1. The Morgan fingerprint density at radius 1 is 1.73 bits per heavy atom. The van der Waals surface area contributed by atoms with E-state index in [-0.39, 0.29) is 5.91 Å². The van der Waals surface area contributed by atoms with Gasteiger partial charge in [-0.3, -0.25) is 4.79 Å². The molecule has 1 amide bonds. The van der Waals surface area contributed by atoms with E-state index < -0.39 is 0 Å². The molecule has 2 N–H and O–H groups in total. The highest BCUT2D eigenvalue weighted by atomic mass is 16.2. The Hall–Kier alpha value is -1.01. The van der Waals surface area contributed by atoms with Gasteiger partial charge in [-0.2, -0.15) is 0 Å². The van der Waals surface area contributed by atoms with Gasteiger partial charge in [0.1, 0.15) is 0 Å². The van der Waals surface area contributed by atoms with Crippen molar-refractivity contribution < 1.29 is 4.79 Å². The van der Waals surface area contributed by atoms with Crippen LogP contribution in [0.4, 0.5) is 0 Å². The van der Waals surface area contributed by atoms with E-state index in [0.717, 1.165) is 0 Å². The number of nitrogens with zero attached hydrogens (tertiary/aromatic N) is 1. The summed E-state index contributed by atoms with van der Waals surface area (Å²) in [5.74, 6) is 2.46. The molecule has 0 saturated heterocycles. The first-order valence-corrected chi connectivity index (χ1v) is 3.67. The summed E-state index contributed by atoms with van der Waals surface area (Å²) < 4.78 is 0. The zero-order valence-corrected chi connectivity index (χ0v) is 6.84. The molecule has 0 radical (unpaired) electrons.